The molecule has 4 rings (SSSR count). The van der Waals surface area contributed by atoms with Crippen LogP contribution in [-0.2, 0) is 31.5 Å². The zero-order valence-electron chi connectivity index (χ0n) is 22.7. The van der Waals surface area contributed by atoms with Gasteiger partial charge in [0.25, 0.3) is 0 Å². The molecule has 3 aromatic rings. The second kappa shape index (κ2) is 12.7. The molecule has 9 nitrogen and oxygen atoms in total. The Kier molecular flexibility index (Phi) is 9.48. The van der Waals surface area contributed by atoms with Gasteiger partial charge in [-0.25, -0.2) is 18.0 Å². The number of anilines is 1. The molecule has 0 unspecified atom stereocenters. The Morgan fingerprint density at radius 3 is 2.38 bits per heavy atom. The maximum absolute atomic E-state index is 13.9. The SMILES string of the molecule is COC(=O)c1sc(-c2cccc(N(C3CCNCC3)S(=O)(=O)Cc3ccc(C(F)(F)F)cc3)c2)c(C)c1OCC(=O)O. The first-order chi connectivity index (χ1) is 19.8. The van der Waals surface area contributed by atoms with Gasteiger partial charge in [-0.3, -0.25) is 4.31 Å². The van der Waals surface area contributed by atoms with Gasteiger partial charge in [-0.1, -0.05) is 24.3 Å². The number of hydrogen-bond acceptors (Lipinski definition) is 8. The average molecular weight is 627 g/mol. The predicted molar refractivity (Wildman–Crippen MR) is 151 cm³/mol. The molecule has 1 fully saturated rings. The highest BCUT2D eigenvalue weighted by Crippen LogP contribution is 2.43. The standard InChI is InChI=1S/C28H29F3N2O7S2/c1-17-24(40-15-23(34)35)26(27(36)39-2)41-25(17)19-4-3-5-22(14-19)33(21-10-12-32-13-11-21)42(37,38)16-18-6-8-20(9-7-18)28(29,30)31/h3-9,14,21,32H,10-13,15-16H2,1-2H3,(H,34,35). The van der Waals surface area contributed by atoms with Crippen LogP contribution in [-0.4, -0.2) is 58.3 Å². The number of alkyl halides is 3. The van der Waals surface area contributed by atoms with Gasteiger partial charge in [-0.05, 0) is 68.2 Å². The Morgan fingerprint density at radius 2 is 1.79 bits per heavy atom. The molecule has 2 aromatic carbocycles. The predicted octanol–water partition coefficient (Wildman–Crippen LogP) is 5.08. The Morgan fingerprint density at radius 1 is 1.12 bits per heavy atom. The molecule has 2 N–H and O–H groups in total. The molecule has 0 amide bonds. The molecule has 1 aliphatic heterocycles. The Balaban J connectivity index is 1.74. The lowest BCUT2D eigenvalue weighted by Crippen LogP contribution is -2.46. The molecule has 0 atom stereocenters. The van der Waals surface area contributed by atoms with Crippen molar-refractivity contribution >= 4 is 39.0 Å². The largest absolute Gasteiger partial charge is 0.480 e. The number of thiophene rings is 1. The summed E-state index contributed by atoms with van der Waals surface area (Å²) < 4.78 is 78.4. The average Bonchev–Trinajstić information content (AvgIpc) is 3.27. The van der Waals surface area contributed by atoms with E-state index in [1.807, 2.05) is 0 Å². The van der Waals surface area contributed by atoms with Crippen LogP contribution in [0.4, 0.5) is 18.9 Å². The molecule has 1 saturated heterocycles. The van der Waals surface area contributed by atoms with E-state index in [-0.39, 0.29) is 16.2 Å². The summed E-state index contributed by atoms with van der Waals surface area (Å²) in [6.45, 7) is 2.17. The van der Waals surface area contributed by atoms with Crippen molar-refractivity contribution in [3.05, 3.63) is 70.1 Å². The molecule has 0 aliphatic carbocycles. The van der Waals surface area contributed by atoms with E-state index < -0.39 is 52.1 Å². The van der Waals surface area contributed by atoms with Crippen molar-refractivity contribution in [1.29, 1.82) is 0 Å². The summed E-state index contributed by atoms with van der Waals surface area (Å²) in [6.07, 6.45) is -3.49. The second-order valence-electron chi connectivity index (χ2n) is 9.67. The molecule has 1 aromatic heterocycles. The number of nitrogens with one attached hydrogen (secondary N) is 1. The number of aliphatic carboxylic acids is 1. The van der Waals surface area contributed by atoms with Crippen LogP contribution in [0.1, 0.15) is 39.2 Å². The van der Waals surface area contributed by atoms with E-state index in [0.29, 0.717) is 47.6 Å². The lowest BCUT2D eigenvalue weighted by Gasteiger charge is -2.35. The highest BCUT2D eigenvalue weighted by Gasteiger charge is 2.34. The van der Waals surface area contributed by atoms with Crippen LogP contribution in [0, 0.1) is 6.92 Å². The van der Waals surface area contributed by atoms with Crippen molar-refractivity contribution in [2.24, 2.45) is 0 Å². The maximum atomic E-state index is 13.9. The van der Waals surface area contributed by atoms with Gasteiger partial charge in [-0.15, -0.1) is 11.3 Å². The summed E-state index contributed by atoms with van der Waals surface area (Å²) in [5.74, 6) is -2.37. The van der Waals surface area contributed by atoms with Gasteiger partial charge in [-0.2, -0.15) is 13.2 Å². The van der Waals surface area contributed by atoms with E-state index in [0.717, 1.165) is 23.5 Å². The van der Waals surface area contributed by atoms with E-state index in [1.54, 1.807) is 31.2 Å². The topological polar surface area (TPSA) is 122 Å². The van der Waals surface area contributed by atoms with Crippen LogP contribution in [0.15, 0.2) is 48.5 Å². The molecular formula is C28H29F3N2O7S2. The van der Waals surface area contributed by atoms with Gasteiger partial charge in [0, 0.05) is 16.5 Å². The number of halogens is 3. The molecule has 14 heteroatoms. The summed E-state index contributed by atoms with van der Waals surface area (Å²) in [7, 11) is -2.87. The molecule has 0 spiro atoms. The molecule has 226 valence electrons. The molecule has 0 saturated carbocycles. The van der Waals surface area contributed by atoms with Crippen LogP contribution >= 0.6 is 11.3 Å². The first-order valence-corrected chi connectivity index (χ1v) is 15.3. The Hall–Kier alpha value is -3.62. The molecule has 0 radical (unpaired) electrons. The fourth-order valence-corrected chi connectivity index (χ4v) is 7.82. The number of esters is 1. The number of carboxylic acids is 1. The lowest BCUT2D eigenvalue weighted by atomic mass is 10.0. The van der Waals surface area contributed by atoms with Crippen molar-refractivity contribution in [2.45, 2.75) is 37.7 Å². The Bertz CT molecular complexity index is 1550. The number of sulfonamides is 1. The normalized spacial score (nSPS) is 14.4. The summed E-state index contributed by atoms with van der Waals surface area (Å²) >= 11 is 1.03. The number of piperidine rings is 1. The monoisotopic (exact) mass is 626 g/mol. The zero-order chi connectivity index (χ0) is 30.7. The maximum Gasteiger partial charge on any atom is 0.416 e. The fraction of sp³-hybridized carbons (Fsp3) is 0.357. The number of carbonyl (C=O) groups excluding carboxylic acids is 1. The first kappa shape index (κ1) is 31.3. The summed E-state index contributed by atoms with van der Waals surface area (Å²) in [6, 6.07) is 10.4. The van der Waals surface area contributed by atoms with Crippen LogP contribution in [0.5, 0.6) is 5.75 Å². The number of carbonyl (C=O) groups is 2. The van der Waals surface area contributed by atoms with Crippen LogP contribution in [0.25, 0.3) is 10.4 Å². The van der Waals surface area contributed by atoms with Gasteiger partial charge in [0.15, 0.2) is 11.5 Å². The molecular weight excluding hydrogens is 597 g/mol. The van der Waals surface area contributed by atoms with Gasteiger partial charge < -0.3 is 19.9 Å². The smallest absolute Gasteiger partial charge is 0.416 e. The minimum atomic E-state index is -4.54. The van der Waals surface area contributed by atoms with E-state index in [9.17, 15) is 31.2 Å². The first-order valence-electron chi connectivity index (χ1n) is 12.9. The Labute approximate surface area is 244 Å². The second-order valence-corrected chi connectivity index (χ2v) is 12.5. The van der Waals surface area contributed by atoms with Crippen molar-refractivity contribution < 1.29 is 45.8 Å². The number of methoxy groups -OCH3 is 1. The fourth-order valence-electron chi connectivity index (χ4n) is 4.80. The van der Waals surface area contributed by atoms with Crippen LogP contribution in [0.3, 0.4) is 0 Å². The minimum absolute atomic E-state index is 0.0692. The summed E-state index contributed by atoms with van der Waals surface area (Å²) in [5.41, 5.74) is 0.756. The number of ether oxygens (including phenoxy) is 2. The van der Waals surface area contributed by atoms with Gasteiger partial charge in [0.2, 0.25) is 10.0 Å². The molecule has 42 heavy (non-hydrogen) atoms. The minimum Gasteiger partial charge on any atom is -0.480 e. The van der Waals surface area contributed by atoms with Gasteiger partial charge in [0.05, 0.1) is 24.1 Å². The molecule has 2 heterocycles. The number of hydrogen-bond donors (Lipinski definition) is 2. The zero-order valence-corrected chi connectivity index (χ0v) is 24.4. The van der Waals surface area contributed by atoms with Crippen molar-refractivity contribution in [2.75, 3.05) is 31.1 Å². The third-order valence-electron chi connectivity index (χ3n) is 6.74. The number of carboxylic acid groups (broad SMARTS) is 1. The lowest BCUT2D eigenvalue weighted by molar-refractivity contribution is -0.139. The van der Waals surface area contributed by atoms with E-state index in [2.05, 4.69) is 5.32 Å². The molecule has 1 aliphatic rings. The van der Waals surface area contributed by atoms with Crippen LogP contribution < -0.4 is 14.4 Å². The number of nitrogens with zero attached hydrogens (tertiary/aromatic N) is 1. The van der Waals surface area contributed by atoms with Crippen molar-refractivity contribution in [3.63, 3.8) is 0 Å². The molecule has 0 bridgehead atoms. The third kappa shape index (κ3) is 7.05. The van der Waals surface area contributed by atoms with Gasteiger partial charge in [0.1, 0.15) is 5.75 Å². The quantitative estimate of drug-likeness (QED) is 0.299. The van der Waals surface area contributed by atoms with E-state index in [1.165, 1.54) is 23.5 Å². The van der Waals surface area contributed by atoms with Crippen molar-refractivity contribution in [3.8, 4) is 16.2 Å². The van der Waals surface area contributed by atoms with E-state index in [4.69, 9.17) is 14.6 Å². The highest BCUT2D eigenvalue weighted by atomic mass is 32.2. The summed E-state index contributed by atoms with van der Waals surface area (Å²) in [5, 5.41) is 12.3. The number of benzene rings is 2. The third-order valence-corrected chi connectivity index (χ3v) is 9.84. The highest BCUT2D eigenvalue weighted by molar-refractivity contribution is 7.92. The van der Waals surface area contributed by atoms with Gasteiger partial charge >= 0.3 is 18.1 Å². The van der Waals surface area contributed by atoms with E-state index >= 15 is 0 Å². The summed E-state index contributed by atoms with van der Waals surface area (Å²) in [4.78, 5) is 24.2. The number of rotatable bonds is 10. The van der Waals surface area contributed by atoms with Crippen LogP contribution in [0.2, 0.25) is 0 Å². The van der Waals surface area contributed by atoms with Crippen molar-refractivity contribution in [1.82, 2.24) is 5.32 Å².